The van der Waals surface area contributed by atoms with E-state index in [0.717, 1.165) is 22.8 Å². The molecule has 0 radical (unpaired) electrons. The van der Waals surface area contributed by atoms with E-state index in [4.69, 9.17) is 26.1 Å². The number of thiazole rings is 1. The van der Waals surface area contributed by atoms with Crippen molar-refractivity contribution in [2.45, 2.75) is 19.9 Å². The molecule has 6 heteroatoms. The van der Waals surface area contributed by atoms with E-state index in [1.54, 1.807) is 11.3 Å². The molecule has 1 aliphatic heterocycles. The van der Waals surface area contributed by atoms with Gasteiger partial charge in [-0.05, 0) is 25.6 Å². The molecule has 1 atom stereocenters. The van der Waals surface area contributed by atoms with Crippen molar-refractivity contribution >= 4 is 22.9 Å². The highest BCUT2D eigenvalue weighted by Gasteiger charge is 2.19. The molecule has 1 aliphatic rings. The lowest BCUT2D eigenvalue weighted by atomic mass is 10.2. The Morgan fingerprint density at radius 1 is 1.38 bits per heavy atom. The highest BCUT2D eigenvalue weighted by Crippen LogP contribution is 2.41. The number of hydrogen-bond acceptors (Lipinski definition) is 5. The van der Waals surface area contributed by atoms with E-state index >= 15 is 0 Å². The van der Waals surface area contributed by atoms with Crippen LogP contribution in [-0.4, -0.2) is 24.7 Å². The number of ether oxygens (including phenoxy) is 2. The van der Waals surface area contributed by atoms with Crippen LogP contribution in [0.2, 0.25) is 5.02 Å². The summed E-state index contributed by atoms with van der Waals surface area (Å²) in [4.78, 5) is 4.69. The summed E-state index contributed by atoms with van der Waals surface area (Å²) in [7, 11) is 0. The molecule has 2 aromatic rings. The van der Waals surface area contributed by atoms with E-state index in [0.29, 0.717) is 29.7 Å². The first-order valence-electron chi connectivity index (χ1n) is 6.97. The van der Waals surface area contributed by atoms with Crippen molar-refractivity contribution in [1.29, 1.82) is 0 Å². The van der Waals surface area contributed by atoms with Crippen LogP contribution in [0, 0.1) is 0 Å². The molecule has 0 saturated carbocycles. The van der Waals surface area contributed by atoms with E-state index in [1.807, 2.05) is 12.1 Å². The normalized spacial score (nSPS) is 15.0. The maximum Gasteiger partial charge on any atom is 0.179 e. The van der Waals surface area contributed by atoms with E-state index < -0.39 is 0 Å². The number of nitrogens with zero attached hydrogens (tertiary/aromatic N) is 1. The van der Waals surface area contributed by atoms with Crippen LogP contribution in [0.15, 0.2) is 17.5 Å². The van der Waals surface area contributed by atoms with Crippen molar-refractivity contribution in [3.05, 3.63) is 28.2 Å². The summed E-state index contributed by atoms with van der Waals surface area (Å²) in [5.41, 5.74) is 2.01. The second kappa shape index (κ2) is 6.22. The Morgan fingerprint density at radius 3 is 3.00 bits per heavy atom. The Kier molecular flexibility index (Phi) is 4.33. The molecule has 1 unspecified atom stereocenters. The Balaban J connectivity index is 1.92. The summed E-state index contributed by atoms with van der Waals surface area (Å²) in [5, 5.41) is 6.94. The van der Waals surface area contributed by atoms with E-state index in [-0.39, 0.29) is 6.04 Å². The number of benzene rings is 1. The Morgan fingerprint density at radius 2 is 2.19 bits per heavy atom. The molecule has 112 valence electrons. The highest BCUT2D eigenvalue weighted by molar-refractivity contribution is 7.13. The van der Waals surface area contributed by atoms with Gasteiger partial charge in [0.15, 0.2) is 11.5 Å². The van der Waals surface area contributed by atoms with Crippen molar-refractivity contribution in [1.82, 2.24) is 10.3 Å². The van der Waals surface area contributed by atoms with Gasteiger partial charge in [-0.15, -0.1) is 11.3 Å². The largest absolute Gasteiger partial charge is 0.486 e. The topological polar surface area (TPSA) is 43.4 Å². The second-order valence-electron chi connectivity index (χ2n) is 4.84. The fourth-order valence-electron chi connectivity index (χ4n) is 2.26. The van der Waals surface area contributed by atoms with Crippen LogP contribution in [0.1, 0.15) is 25.6 Å². The van der Waals surface area contributed by atoms with Gasteiger partial charge >= 0.3 is 0 Å². The van der Waals surface area contributed by atoms with Gasteiger partial charge in [0.2, 0.25) is 0 Å². The summed E-state index contributed by atoms with van der Waals surface area (Å²) >= 11 is 7.89. The van der Waals surface area contributed by atoms with Gasteiger partial charge in [-0.25, -0.2) is 4.98 Å². The standard InChI is InChI=1S/C15H17ClN2O2S/c1-3-17-9(2)12-8-21-15(18-12)10-6-11(16)14-13(7-10)19-4-5-20-14/h6-9,17H,3-5H2,1-2H3. The first kappa shape index (κ1) is 14.6. The summed E-state index contributed by atoms with van der Waals surface area (Å²) in [6.45, 7) is 6.20. The zero-order valence-electron chi connectivity index (χ0n) is 12.0. The summed E-state index contributed by atoms with van der Waals surface area (Å²) in [6.07, 6.45) is 0. The van der Waals surface area contributed by atoms with E-state index in [1.165, 1.54) is 0 Å². The Labute approximate surface area is 133 Å². The minimum Gasteiger partial charge on any atom is -0.486 e. The summed E-state index contributed by atoms with van der Waals surface area (Å²) in [6, 6.07) is 4.07. The van der Waals surface area contributed by atoms with Gasteiger partial charge in [0.1, 0.15) is 18.2 Å². The maximum absolute atomic E-state index is 6.28. The Hall–Kier alpha value is -1.30. The number of aromatic nitrogens is 1. The fourth-order valence-corrected chi connectivity index (χ4v) is 3.43. The molecule has 0 fully saturated rings. The molecule has 1 N–H and O–H groups in total. The lowest BCUT2D eigenvalue weighted by Crippen LogP contribution is -2.17. The molecular formula is C15H17ClN2O2S. The molecule has 21 heavy (non-hydrogen) atoms. The monoisotopic (exact) mass is 324 g/mol. The first-order chi connectivity index (χ1) is 10.2. The fraction of sp³-hybridized carbons (Fsp3) is 0.400. The molecule has 0 bridgehead atoms. The third-order valence-corrected chi connectivity index (χ3v) is 4.51. The number of fused-ring (bicyclic) bond motifs is 1. The smallest absolute Gasteiger partial charge is 0.179 e. The van der Waals surface area contributed by atoms with Crippen molar-refractivity contribution in [3.8, 4) is 22.1 Å². The number of rotatable bonds is 4. The van der Waals surface area contributed by atoms with Gasteiger partial charge in [0.05, 0.1) is 10.7 Å². The highest BCUT2D eigenvalue weighted by atomic mass is 35.5. The second-order valence-corrected chi connectivity index (χ2v) is 6.10. The van der Waals surface area contributed by atoms with Crippen molar-refractivity contribution in [2.75, 3.05) is 19.8 Å². The van der Waals surface area contributed by atoms with E-state index in [2.05, 4.69) is 24.5 Å². The van der Waals surface area contributed by atoms with Crippen molar-refractivity contribution < 1.29 is 9.47 Å². The molecule has 2 heterocycles. The predicted molar refractivity (Wildman–Crippen MR) is 85.6 cm³/mol. The molecule has 4 nitrogen and oxygen atoms in total. The van der Waals surface area contributed by atoms with Crippen LogP contribution in [0.5, 0.6) is 11.5 Å². The SMILES string of the molecule is CCNC(C)c1csc(-c2cc(Cl)c3c(c2)OCCO3)n1. The molecule has 1 aromatic carbocycles. The van der Waals surface area contributed by atoms with Gasteiger partial charge in [-0.2, -0.15) is 0 Å². The average Bonchev–Trinajstić information content (AvgIpc) is 2.97. The summed E-state index contributed by atoms with van der Waals surface area (Å²) in [5.74, 6) is 1.32. The zero-order valence-corrected chi connectivity index (χ0v) is 13.6. The Bertz CT molecular complexity index is 645. The number of hydrogen-bond donors (Lipinski definition) is 1. The lowest BCUT2D eigenvalue weighted by Gasteiger charge is -2.19. The van der Waals surface area contributed by atoms with Gasteiger partial charge in [0, 0.05) is 17.0 Å². The van der Waals surface area contributed by atoms with Crippen LogP contribution in [0.4, 0.5) is 0 Å². The number of halogens is 1. The summed E-state index contributed by atoms with van der Waals surface area (Å²) < 4.78 is 11.2. The van der Waals surface area contributed by atoms with Crippen LogP contribution < -0.4 is 14.8 Å². The minimum atomic E-state index is 0.243. The van der Waals surface area contributed by atoms with Gasteiger partial charge in [0.25, 0.3) is 0 Å². The number of nitrogens with one attached hydrogen (secondary N) is 1. The molecule has 0 amide bonds. The molecule has 0 spiro atoms. The van der Waals surface area contributed by atoms with Gasteiger partial charge in [-0.1, -0.05) is 18.5 Å². The zero-order chi connectivity index (χ0) is 14.8. The predicted octanol–water partition coefficient (Wildman–Crippen LogP) is 3.91. The molecular weight excluding hydrogens is 308 g/mol. The van der Waals surface area contributed by atoms with Gasteiger partial charge in [-0.3, -0.25) is 0 Å². The lowest BCUT2D eigenvalue weighted by molar-refractivity contribution is 0.172. The third kappa shape index (κ3) is 3.00. The quantitative estimate of drug-likeness (QED) is 0.926. The van der Waals surface area contributed by atoms with Crippen molar-refractivity contribution in [3.63, 3.8) is 0 Å². The van der Waals surface area contributed by atoms with Crippen LogP contribution in [-0.2, 0) is 0 Å². The molecule has 0 saturated heterocycles. The van der Waals surface area contributed by atoms with Crippen molar-refractivity contribution in [2.24, 2.45) is 0 Å². The van der Waals surface area contributed by atoms with Gasteiger partial charge < -0.3 is 14.8 Å². The third-order valence-electron chi connectivity index (χ3n) is 3.32. The maximum atomic E-state index is 6.28. The first-order valence-corrected chi connectivity index (χ1v) is 8.23. The molecule has 0 aliphatic carbocycles. The van der Waals surface area contributed by atoms with Crippen LogP contribution in [0.25, 0.3) is 10.6 Å². The minimum absolute atomic E-state index is 0.243. The average molecular weight is 325 g/mol. The molecule has 1 aromatic heterocycles. The van der Waals surface area contributed by atoms with E-state index in [9.17, 15) is 0 Å². The van der Waals surface area contributed by atoms with Crippen LogP contribution in [0.3, 0.4) is 0 Å². The van der Waals surface area contributed by atoms with Crippen LogP contribution >= 0.6 is 22.9 Å². The molecule has 3 rings (SSSR count).